The van der Waals surface area contributed by atoms with Gasteiger partial charge in [-0.15, -0.1) is 0 Å². The molecule has 21 heavy (non-hydrogen) atoms. The van der Waals surface area contributed by atoms with Crippen molar-refractivity contribution in [3.63, 3.8) is 0 Å². The van der Waals surface area contributed by atoms with Crippen LogP contribution in [0.3, 0.4) is 0 Å². The van der Waals surface area contributed by atoms with Gasteiger partial charge in [-0.05, 0) is 12.5 Å². The molecule has 0 amide bonds. The molecule has 112 valence electrons. The van der Waals surface area contributed by atoms with Gasteiger partial charge < -0.3 is 10.1 Å². The van der Waals surface area contributed by atoms with Gasteiger partial charge >= 0.3 is 5.97 Å². The molecule has 7 nitrogen and oxygen atoms in total. The molecule has 1 unspecified atom stereocenters. The maximum absolute atomic E-state index is 12.2. The molecule has 0 saturated heterocycles. The number of H-pyrrole nitrogens is 1. The second kappa shape index (κ2) is 6.06. The molecule has 0 spiro atoms. The number of imidazole rings is 1. The summed E-state index contributed by atoms with van der Waals surface area (Å²) in [5.74, 6) is -0.628. The van der Waals surface area contributed by atoms with Crippen LogP contribution >= 0.6 is 0 Å². The average molecular weight is 309 g/mol. The lowest BCUT2D eigenvalue weighted by atomic mass is 10.1. The van der Waals surface area contributed by atoms with Crippen LogP contribution in [0.15, 0.2) is 41.6 Å². The number of aryl methyl sites for hydroxylation is 1. The van der Waals surface area contributed by atoms with Gasteiger partial charge in [-0.2, -0.15) is 0 Å². The molecular formula is C13H15N3O4S. The Morgan fingerprint density at radius 1 is 1.38 bits per heavy atom. The number of benzene rings is 1. The molecule has 1 atom stereocenters. The van der Waals surface area contributed by atoms with Gasteiger partial charge in [0.25, 0.3) is 10.0 Å². The van der Waals surface area contributed by atoms with E-state index in [1.54, 1.807) is 37.3 Å². The van der Waals surface area contributed by atoms with Crippen molar-refractivity contribution in [2.24, 2.45) is 0 Å². The second-order valence-corrected chi connectivity index (χ2v) is 6.20. The number of carboxylic acid groups (broad SMARTS) is 1. The Bertz CT molecular complexity index is 725. The summed E-state index contributed by atoms with van der Waals surface area (Å²) in [6.07, 6.45) is 0.844. The Morgan fingerprint density at radius 2 is 2.05 bits per heavy atom. The molecule has 8 heteroatoms. The zero-order valence-corrected chi connectivity index (χ0v) is 12.1. The normalized spacial score (nSPS) is 13.0. The summed E-state index contributed by atoms with van der Waals surface area (Å²) in [5.41, 5.74) is 0.583. The molecular weight excluding hydrogens is 294 g/mol. The molecule has 0 radical (unpaired) electrons. The zero-order valence-electron chi connectivity index (χ0n) is 11.3. The minimum atomic E-state index is -3.86. The van der Waals surface area contributed by atoms with Gasteiger partial charge in [0.2, 0.25) is 0 Å². The fraction of sp³-hybridized carbons (Fsp3) is 0.231. The summed E-state index contributed by atoms with van der Waals surface area (Å²) in [5, 5.41) is 8.87. The standard InChI is InChI=1S/C13H15N3O4S/c1-9-14-8-12(15-9)21(19,20)16-11(7-13(17)18)10-5-3-2-4-6-10/h2-6,8,11,16H,7H2,1H3,(H,14,15)(H,17,18). The van der Waals surface area contributed by atoms with Crippen LogP contribution in [0.1, 0.15) is 23.9 Å². The number of aromatic nitrogens is 2. The van der Waals surface area contributed by atoms with Crippen molar-refractivity contribution in [2.45, 2.75) is 24.4 Å². The molecule has 1 heterocycles. The van der Waals surface area contributed by atoms with Crippen molar-refractivity contribution >= 4 is 16.0 Å². The first-order valence-corrected chi connectivity index (χ1v) is 7.67. The summed E-state index contributed by atoms with van der Waals surface area (Å²) < 4.78 is 26.9. The Morgan fingerprint density at radius 3 is 2.57 bits per heavy atom. The molecule has 0 fully saturated rings. The Kier molecular flexibility index (Phi) is 4.39. The minimum absolute atomic E-state index is 0.0914. The molecule has 2 rings (SSSR count). The van der Waals surface area contributed by atoms with Crippen LogP contribution < -0.4 is 4.72 Å². The van der Waals surface area contributed by atoms with Gasteiger partial charge in [-0.25, -0.2) is 18.1 Å². The maximum atomic E-state index is 12.2. The van der Waals surface area contributed by atoms with E-state index in [1.807, 2.05) is 0 Å². The molecule has 0 aliphatic carbocycles. The molecule has 0 aliphatic heterocycles. The van der Waals surface area contributed by atoms with E-state index in [4.69, 9.17) is 5.11 Å². The third kappa shape index (κ3) is 3.89. The van der Waals surface area contributed by atoms with Gasteiger partial charge in [-0.3, -0.25) is 4.79 Å². The topological polar surface area (TPSA) is 112 Å². The zero-order chi connectivity index (χ0) is 15.5. The SMILES string of the molecule is Cc1ncc(S(=O)(=O)NC(CC(=O)O)c2ccccc2)[nH]1. The van der Waals surface area contributed by atoms with Gasteiger partial charge in [0.1, 0.15) is 5.82 Å². The number of nitrogens with one attached hydrogen (secondary N) is 2. The number of aliphatic carboxylic acids is 1. The van der Waals surface area contributed by atoms with Crippen molar-refractivity contribution in [3.8, 4) is 0 Å². The van der Waals surface area contributed by atoms with Crippen LogP contribution in [-0.2, 0) is 14.8 Å². The Balaban J connectivity index is 2.29. The average Bonchev–Trinajstić information content (AvgIpc) is 2.86. The van der Waals surface area contributed by atoms with E-state index in [0.29, 0.717) is 11.4 Å². The number of carboxylic acids is 1. The highest BCUT2D eigenvalue weighted by Gasteiger charge is 2.24. The third-order valence-corrected chi connectivity index (χ3v) is 4.23. The molecule has 3 N–H and O–H groups in total. The fourth-order valence-electron chi connectivity index (χ4n) is 1.87. The smallest absolute Gasteiger partial charge is 0.305 e. The van der Waals surface area contributed by atoms with Crippen molar-refractivity contribution in [3.05, 3.63) is 47.9 Å². The van der Waals surface area contributed by atoms with E-state index in [-0.39, 0.29) is 11.4 Å². The number of hydrogen-bond donors (Lipinski definition) is 3. The Hall–Kier alpha value is -2.19. The van der Waals surface area contributed by atoms with Crippen molar-refractivity contribution < 1.29 is 18.3 Å². The first-order chi connectivity index (χ1) is 9.88. The van der Waals surface area contributed by atoms with Gasteiger partial charge in [0.15, 0.2) is 5.03 Å². The van der Waals surface area contributed by atoms with Gasteiger partial charge in [0, 0.05) is 0 Å². The van der Waals surface area contributed by atoms with Crippen LogP contribution in [0.2, 0.25) is 0 Å². The van der Waals surface area contributed by atoms with Crippen LogP contribution in [0.5, 0.6) is 0 Å². The van der Waals surface area contributed by atoms with Crippen LogP contribution in [0, 0.1) is 6.92 Å². The molecule has 2 aromatic rings. The van der Waals surface area contributed by atoms with E-state index in [9.17, 15) is 13.2 Å². The lowest BCUT2D eigenvalue weighted by Crippen LogP contribution is -2.30. The summed E-state index contributed by atoms with van der Waals surface area (Å²) in [7, 11) is -3.86. The second-order valence-electron chi connectivity index (χ2n) is 4.52. The highest BCUT2D eigenvalue weighted by molar-refractivity contribution is 7.89. The van der Waals surface area contributed by atoms with Crippen molar-refractivity contribution in [2.75, 3.05) is 0 Å². The summed E-state index contributed by atoms with van der Waals surface area (Å²) in [6.45, 7) is 1.63. The van der Waals surface area contributed by atoms with E-state index < -0.39 is 22.0 Å². The maximum Gasteiger partial charge on any atom is 0.305 e. The van der Waals surface area contributed by atoms with Crippen molar-refractivity contribution in [1.82, 2.24) is 14.7 Å². The number of carbonyl (C=O) groups is 1. The summed E-state index contributed by atoms with van der Waals surface area (Å²) in [4.78, 5) is 17.4. The van der Waals surface area contributed by atoms with E-state index in [2.05, 4.69) is 14.7 Å². The molecule has 0 saturated carbocycles. The van der Waals surface area contributed by atoms with Crippen LogP contribution in [-0.4, -0.2) is 29.5 Å². The molecule has 1 aromatic carbocycles. The van der Waals surface area contributed by atoms with Crippen LogP contribution in [0.4, 0.5) is 0 Å². The van der Waals surface area contributed by atoms with E-state index in [1.165, 1.54) is 6.20 Å². The summed E-state index contributed by atoms with van der Waals surface area (Å²) in [6, 6.07) is 7.71. The number of aromatic amines is 1. The molecule has 1 aromatic heterocycles. The lowest BCUT2D eigenvalue weighted by molar-refractivity contribution is -0.137. The van der Waals surface area contributed by atoms with Crippen molar-refractivity contribution in [1.29, 1.82) is 0 Å². The third-order valence-electron chi connectivity index (χ3n) is 2.85. The largest absolute Gasteiger partial charge is 0.481 e. The first-order valence-electron chi connectivity index (χ1n) is 6.19. The predicted octanol–water partition coefficient (Wildman–Crippen LogP) is 1.21. The fourth-order valence-corrected chi connectivity index (χ4v) is 3.07. The van der Waals surface area contributed by atoms with Crippen LogP contribution in [0.25, 0.3) is 0 Å². The van der Waals surface area contributed by atoms with E-state index >= 15 is 0 Å². The number of rotatable bonds is 6. The van der Waals surface area contributed by atoms with E-state index in [0.717, 1.165) is 0 Å². The highest BCUT2D eigenvalue weighted by atomic mass is 32.2. The Labute approximate surface area is 122 Å². The number of sulfonamides is 1. The molecule has 0 bridgehead atoms. The van der Waals surface area contributed by atoms with Gasteiger partial charge in [0.05, 0.1) is 18.7 Å². The number of hydrogen-bond acceptors (Lipinski definition) is 4. The predicted molar refractivity (Wildman–Crippen MR) is 75.1 cm³/mol. The highest BCUT2D eigenvalue weighted by Crippen LogP contribution is 2.19. The quantitative estimate of drug-likeness (QED) is 0.742. The number of nitrogens with zero attached hydrogens (tertiary/aromatic N) is 1. The van der Waals surface area contributed by atoms with Gasteiger partial charge in [-0.1, -0.05) is 30.3 Å². The minimum Gasteiger partial charge on any atom is -0.481 e. The summed E-state index contributed by atoms with van der Waals surface area (Å²) >= 11 is 0. The lowest BCUT2D eigenvalue weighted by Gasteiger charge is -2.16. The monoisotopic (exact) mass is 309 g/mol. The molecule has 0 aliphatic rings. The first kappa shape index (κ1) is 15.2.